The third kappa shape index (κ3) is 5.42. The summed E-state index contributed by atoms with van der Waals surface area (Å²) in [5.74, 6) is -0.673. The Morgan fingerprint density at radius 3 is 2.58 bits per heavy atom. The van der Waals surface area contributed by atoms with Gasteiger partial charge in [0, 0.05) is 0 Å². The highest BCUT2D eigenvalue weighted by molar-refractivity contribution is 5.84. The maximum atomic E-state index is 11.6. The molecule has 0 aromatic heterocycles. The molecule has 1 rings (SSSR count). The number of carboxylic acids is 1. The van der Waals surface area contributed by atoms with E-state index in [9.17, 15) is 9.59 Å². The van der Waals surface area contributed by atoms with Crippen LogP contribution in [0.5, 0.6) is 5.75 Å². The van der Waals surface area contributed by atoms with E-state index in [4.69, 9.17) is 9.84 Å². The van der Waals surface area contributed by atoms with Crippen LogP contribution < -0.4 is 10.1 Å². The Bertz CT molecular complexity index is 457. The first-order valence-corrected chi connectivity index (χ1v) is 6.16. The summed E-state index contributed by atoms with van der Waals surface area (Å²) in [5.41, 5.74) is 0.785. The Morgan fingerprint density at radius 1 is 1.32 bits per heavy atom. The number of carbonyl (C=O) groups excluding carboxylic acids is 1. The number of hydrogen-bond acceptors (Lipinski definition) is 3. The lowest BCUT2D eigenvalue weighted by atomic mass is 10.1. The average molecular weight is 265 g/mol. The second-order valence-electron chi connectivity index (χ2n) is 4.62. The van der Waals surface area contributed by atoms with Crippen molar-refractivity contribution in [2.45, 2.75) is 39.3 Å². The number of amides is 1. The highest BCUT2D eigenvalue weighted by atomic mass is 16.5. The van der Waals surface area contributed by atoms with Crippen LogP contribution in [-0.2, 0) is 16.0 Å². The van der Waals surface area contributed by atoms with Crippen molar-refractivity contribution in [2.75, 3.05) is 0 Å². The molecule has 19 heavy (non-hydrogen) atoms. The normalized spacial score (nSPS) is 12.0. The minimum Gasteiger partial charge on any atom is -0.491 e. The summed E-state index contributed by atoms with van der Waals surface area (Å²) in [5, 5.41) is 11.1. The lowest BCUT2D eigenvalue weighted by Crippen LogP contribution is -2.39. The highest BCUT2D eigenvalue weighted by Crippen LogP contribution is 2.15. The first kappa shape index (κ1) is 15.0. The minimum absolute atomic E-state index is 0.0658. The zero-order chi connectivity index (χ0) is 14.4. The number of aliphatic carboxylic acids is 1. The minimum atomic E-state index is -1.05. The number of nitrogens with one attached hydrogen (secondary N) is 1. The zero-order valence-electron chi connectivity index (χ0n) is 11.3. The summed E-state index contributed by atoms with van der Waals surface area (Å²) in [6.45, 7) is 5.28. The van der Waals surface area contributed by atoms with E-state index in [1.54, 1.807) is 18.2 Å². The Kier molecular flexibility index (Phi) is 5.36. The van der Waals surface area contributed by atoms with E-state index < -0.39 is 12.0 Å². The predicted molar refractivity (Wildman–Crippen MR) is 71.2 cm³/mol. The van der Waals surface area contributed by atoms with Gasteiger partial charge in [0.2, 0.25) is 5.91 Å². The molecule has 2 N–H and O–H groups in total. The van der Waals surface area contributed by atoms with Crippen molar-refractivity contribution in [3.63, 3.8) is 0 Å². The van der Waals surface area contributed by atoms with Crippen LogP contribution in [0.25, 0.3) is 0 Å². The maximum Gasteiger partial charge on any atom is 0.325 e. The van der Waals surface area contributed by atoms with E-state index in [0.29, 0.717) is 5.75 Å². The van der Waals surface area contributed by atoms with Crippen LogP contribution in [0, 0.1) is 0 Å². The van der Waals surface area contributed by atoms with Crippen molar-refractivity contribution in [1.82, 2.24) is 5.32 Å². The molecule has 0 aliphatic heterocycles. The Labute approximate surface area is 112 Å². The molecule has 0 fully saturated rings. The van der Waals surface area contributed by atoms with E-state index in [-0.39, 0.29) is 18.4 Å². The molecular formula is C14H19NO4. The maximum absolute atomic E-state index is 11.6. The zero-order valence-corrected chi connectivity index (χ0v) is 11.3. The van der Waals surface area contributed by atoms with Gasteiger partial charge in [-0.25, -0.2) is 0 Å². The second-order valence-corrected chi connectivity index (χ2v) is 4.62. The van der Waals surface area contributed by atoms with Gasteiger partial charge in [0.1, 0.15) is 11.8 Å². The van der Waals surface area contributed by atoms with Crippen LogP contribution in [0.2, 0.25) is 0 Å². The first-order valence-electron chi connectivity index (χ1n) is 6.16. The van der Waals surface area contributed by atoms with Gasteiger partial charge in [-0.15, -0.1) is 0 Å². The molecule has 0 saturated heterocycles. The summed E-state index contributed by atoms with van der Waals surface area (Å²) < 4.78 is 5.53. The molecule has 1 amide bonds. The number of ether oxygens (including phenoxy) is 1. The predicted octanol–water partition coefficient (Wildman–Crippen LogP) is 1.61. The second kappa shape index (κ2) is 6.78. The third-order valence-electron chi connectivity index (χ3n) is 2.38. The molecule has 1 atom stereocenters. The first-order chi connectivity index (χ1) is 8.88. The van der Waals surface area contributed by atoms with Gasteiger partial charge >= 0.3 is 5.97 Å². The SMILES string of the molecule is CC(C)Oc1cccc(CC(=O)NC(C)C(=O)O)c1. The van der Waals surface area contributed by atoms with Gasteiger partial charge in [0.05, 0.1) is 12.5 Å². The molecule has 0 aliphatic rings. The van der Waals surface area contributed by atoms with Crippen LogP contribution in [0.15, 0.2) is 24.3 Å². The number of carboxylic acid groups (broad SMARTS) is 1. The molecule has 104 valence electrons. The quantitative estimate of drug-likeness (QED) is 0.819. The molecule has 0 spiro atoms. The standard InChI is InChI=1S/C14H19NO4/c1-9(2)19-12-6-4-5-11(7-12)8-13(16)15-10(3)14(17)18/h4-7,9-10H,8H2,1-3H3,(H,15,16)(H,17,18). The van der Waals surface area contributed by atoms with Crippen LogP contribution in [0.1, 0.15) is 26.3 Å². The van der Waals surface area contributed by atoms with Crippen molar-refractivity contribution in [3.8, 4) is 5.75 Å². The topological polar surface area (TPSA) is 75.6 Å². The van der Waals surface area contributed by atoms with Crippen molar-refractivity contribution in [1.29, 1.82) is 0 Å². The Balaban J connectivity index is 2.61. The van der Waals surface area contributed by atoms with Gasteiger partial charge in [0.15, 0.2) is 0 Å². The fraction of sp³-hybridized carbons (Fsp3) is 0.429. The van der Waals surface area contributed by atoms with Gasteiger partial charge in [-0.05, 0) is 38.5 Å². The average Bonchev–Trinajstić information content (AvgIpc) is 2.27. The number of hydrogen-bond donors (Lipinski definition) is 2. The summed E-state index contributed by atoms with van der Waals surface area (Å²) >= 11 is 0. The smallest absolute Gasteiger partial charge is 0.325 e. The molecule has 0 heterocycles. The van der Waals surface area contributed by atoms with Crippen LogP contribution in [-0.4, -0.2) is 29.1 Å². The third-order valence-corrected chi connectivity index (χ3v) is 2.38. The largest absolute Gasteiger partial charge is 0.491 e. The van der Waals surface area contributed by atoms with Crippen LogP contribution in [0.3, 0.4) is 0 Å². The van der Waals surface area contributed by atoms with Gasteiger partial charge in [-0.1, -0.05) is 12.1 Å². The van der Waals surface area contributed by atoms with E-state index in [1.165, 1.54) is 6.92 Å². The van der Waals surface area contributed by atoms with E-state index in [1.807, 2.05) is 19.9 Å². The van der Waals surface area contributed by atoms with Crippen LogP contribution >= 0.6 is 0 Å². The van der Waals surface area contributed by atoms with Crippen LogP contribution in [0.4, 0.5) is 0 Å². The Morgan fingerprint density at radius 2 is 2.00 bits per heavy atom. The monoisotopic (exact) mass is 265 g/mol. The highest BCUT2D eigenvalue weighted by Gasteiger charge is 2.14. The van der Waals surface area contributed by atoms with Crippen molar-refractivity contribution >= 4 is 11.9 Å². The van der Waals surface area contributed by atoms with Crippen molar-refractivity contribution < 1.29 is 19.4 Å². The van der Waals surface area contributed by atoms with Gasteiger partial charge < -0.3 is 15.2 Å². The molecule has 1 aromatic carbocycles. The summed E-state index contributed by atoms with van der Waals surface area (Å²) in [4.78, 5) is 22.3. The lowest BCUT2D eigenvalue weighted by molar-refractivity contribution is -0.141. The van der Waals surface area contributed by atoms with Crippen molar-refractivity contribution in [3.05, 3.63) is 29.8 Å². The summed E-state index contributed by atoms with van der Waals surface area (Å²) in [7, 11) is 0. The fourth-order valence-electron chi connectivity index (χ4n) is 1.54. The number of carbonyl (C=O) groups is 2. The molecule has 0 bridgehead atoms. The van der Waals surface area contributed by atoms with Gasteiger partial charge in [-0.3, -0.25) is 9.59 Å². The lowest BCUT2D eigenvalue weighted by Gasteiger charge is -2.12. The summed E-state index contributed by atoms with van der Waals surface area (Å²) in [6, 6.07) is 6.33. The van der Waals surface area contributed by atoms with E-state index in [0.717, 1.165) is 5.56 Å². The molecule has 5 heteroatoms. The Hall–Kier alpha value is -2.04. The van der Waals surface area contributed by atoms with Gasteiger partial charge in [-0.2, -0.15) is 0 Å². The fourth-order valence-corrected chi connectivity index (χ4v) is 1.54. The number of benzene rings is 1. The van der Waals surface area contributed by atoms with E-state index >= 15 is 0 Å². The summed E-state index contributed by atoms with van der Waals surface area (Å²) in [6.07, 6.45) is 0.198. The van der Waals surface area contributed by atoms with Crippen molar-refractivity contribution in [2.24, 2.45) is 0 Å². The number of rotatable bonds is 6. The van der Waals surface area contributed by atoms with Gasteiger partial charge in [0.25, 0.3) is 0 Å². The molecule has 1 aromatic rings. The van der Waals surface area contributed by atoms with E-state index in [2.05, 4.69) is 5.32 Å². The molecule has 0 radical (unpaired) electrons. The molecule has 5 nitrogen and oxygen atoms in total. The molecule has 1 unspecified atom stereocenters. The molecular weight excluding hydrogens is 246 g/mol. The molecule has 0 saturated carbocycles. The molecule has 0 aliphatic carbocycles.